The molecule has 2 aliphatic heterocycles. The number of hydrogen-bond acceptors (Lipinski definition) is 4. The molecule has 0 aromatic heterocycles. The Kier molecular flexibility index (Phi) is 6.96. The lowest BCUT2D eigenvalue weighted by molar-refractivity contribution is 0.178. The molecule has 0 radical (unpaired) electrons. The summed E-state index contributed by atoms with van der Waals surface area (Å²) in [5.74, 6) is 0. The molecule has 1 atom stereocenters. The van der Waals surface area contributed by atoms with E-state index in [-0.39, 0.29) is 0 Å². The molecule has 1 aromatic rings. The molecule has 1 aromatic carbocycles. The Balaban J connectivity index is 1.89. The lowest BCUT2D eigenvalue weighted by Crippen LogP contribution is -2.39. The molecule has 0 aliphatic carbocycles. The van der Waals surface area contributed by atoms with Crippen molar-refractivity contribution in [2.45, 2.75) is 48.4 Å². The number of thioether (sulfide) groups is 2. The van der Waals surface area contributed by atoms with Gasteiger partial charge in [0.05, 0.1) is 11.4 Å². The molecule has 0 amide bonds. The van der Waals surface area contributed by atoms with Crippen LogP contribution in [0.5, 0.6) is 0 Å². The average Bonchev–Trinajstić information content (AvgIpc) is 2.65. The van der Waals surface area contributed by atoms with Gasteiger partial charge in [-0.15, -0.1) is 11.8 Å². The lowest BCUT2D eigenvalue weighted by Gasteiger charge is -2.38. The molecule has 0 saturated carbocycles. The summed E-state index contributed by atoms with van der Waals surface area (Å²) in [6.07, 6.45) is 13.8. The highest BCUT2D eigenvalue weighted by molar-refractivity contribution is 8.03. The first-order valence-electron chi connectivity index (χ1n) is 9.50. The van der Waals surface area contributed by atoms with Crippen molar-refractivity contribution in [2.24, 2.45) is 0 Å². The summed E-state index contributed by atoms with van der Waals surface area (Å²) in [4.78, 5) is 8.83. The third-order valence-corrected chi connectivity index (χ3v) is 7.07. The zero-order valence-electron chi connectivity index (χ0n) is 16.2. The van der Waals surface area contributed by atoms with Crippen LogP contribution in [0, 0.1) is 0 Å². The third-order valence-electron chi connectivity index (χ3n) is 5.32. The highest BCUT2D eigenvalue weighted by Crippen LogP contribution is 2.46. The molecule has 1 fully saturated rings. The summed E-state index contributed by atoms with van der Waals surface area (Å²) in [6.45, 7) is 8.70. The van der Waals surface area contributed by atoms with Gasteiger partial charge in [0.25, 0.3) is 0 Å². The summed E-state index contributed by atoms with van der Waals surface area (Å²) in [7, 11) is 2.28. The van der Waals surface area contributed by atoms with E-state index in [1.807, 2.05) is 11.8 Å². The van der Waals surface area contributed by atoms with Crippen LogP contribution in [0.15, 0.2) is 63.4 Å². The molecule has 140 valence electrons. The van der Waals surface area contributed by atoms with Crippen LogP contribution in [0.1, 0.15) is 32.6 Å². The molecule has 0 spiro atoms. The normalized spacial score (nSPS) is 23.0. The van der Waals surface area contributed by atoms with Crippen molar-refractivity contribution in [1.82, 2.24) is 4.90 Å². The van der Waals surface area contributed by atoms with Gasteiger partial charge in [-0.25, -0.2) is 0 Å². The van der Waals surface area contributed by atoms with Crippen LogP contribution in [0.4, 0.5) is 5.69 Å². The van der Waals surface area contributed by atoms with Crippen molar-refractivity contribution in [3.05, 3.63) is 53.6 Å². The Hall–Kier alpha value is -1.10. The Morgan fingerprint density at radius 3 is 2.92 bits per heavy atom. The molecular weight excluding hydrogens is 356 g/mol. The Morgan fingerprint density at radius 1 is 1.35 bits per heavy atom. The number of allylic oxidation sites excluding steroid dienone is 3. The van der Waals surface area contributed by atoms with Gasteiger partial charge in [-0.1, -0.05) is 36.9 Å². The zero-order chi connectivity index (χ0) is 18.5. The minimum Gasteiger partial charge on any atom is -0.340 e. The number of anilines is 1. The summed E-state index contributed by atoms with van der Waals surface area (Å²) < 4.78 is 0. The van der Waals surface area contributed by atoms with Crippen LogP contribution in [0.2, 0.25) is 0 Å². The van der Waals surface area contributed by atoms with Gasteiger partial charge in [0.15, 0.2) is 0 Å². The fraction of sp³-hybridized carbons (Fsp3) is 0.455. The molecule has 26 heavy (non-hydrogen) atoms. The van der Waals surface area contributed by atoms with Gasteiger partial charge >= 0.3 is 0 Å². The first-order chi connectivity index (χ1) is 12.6. The van der Waals surface area contributed by atoms with E-state index in [1.165, 1.54) is 53.4 Å². The quantitative estimate of drug-likeness (QED) is 0.558. The fourth-order valence-corrected chi connectivity index (χ4v) is 5.18. The van der Waals surface area contributed by atoms with Crippen LogP contribution in [0.3, 0.4) is 0 Å². The van der Waals surface area contributed by atoms with E-state index in [4.69, 9.17) is 0 Å². The topological polar surface area (TPSA) is 6.48 Å². The number of piperidine rings is 1. The SMILES string of the molecule is C=C1Sc2ccc(SC)cc2N(CCC2CCCCN2C)/C1=C/C=C\C. The highest BCUT2D eigenvalue weighted by Gasteiger charge is 2.27. The first kappa shape index (κ1) is 19.7. The van der Waals surface area contributed by atoms with Gasteiger partial charge in [-0.2, -0.15) is 0 Å². The molecular formula is C22H30N2S2. The zero-order valence-corrected chi connectivity index (χ0v) is 17.8. The second kappa shape index (κ2) is 9.20. The van der Waals surface area contributed by atoms with Gasteiger partial charge in [0, 0.05) is 27.3 Å². The summed E-state index contributed by atoms with van der Waals surface area (Å²) in [5, 5.41) is 0. The number of nitrogens with zero attached hydrogens (tertiary/aromatic N) is 2. The minimum atomic E-state index is 0.696. The molecule has 0 N–H and O–H groups in total. The van der Waals surface area contributed by atoms with E-state index < -0.39 is 0 Å². The fourth-order valence-electron chi connectivity index (χ4n) is 3.78. The van der Waals surface area contributed by atoms with Crippen LogP contribution in [-0.2, 0) is 0 Å². The van der Waals surface area contributed by atoms with Crippen LogP contribution >= 0.6 is 23.5 Å². The van der Waals surface area contributed by atoms with Crippen molar-refractivity contribution >= 4 is 29.2 Å². The average molecular weight is 387 g/mol. The molecule has 1 saturated heterocycles. The van der Waals surface area contributed by atoms with E-state index >= 15 is 0 Å². The molecule has 1 unspecified atom stereocenters. The first-order valence-corrected chi connectivity index (χ1v) is 11.5. The van der Waals surface area contributed by atoms with Crippen molar-refractivity contribution in [3.8, 4) is 0 Å². The maximum atomic E-state index is 4.35. The second-order valence-electron chi connectivity index (χ2n) is 7.01. The lowest BCUT2D eigenvalue weighted by atomic mass is 9.99. The summed E-state index contributed by atoms with van der Waals surface area (Å²) >= 11 is 3.61. The molecule has 4 heteroatoms. The highest BCUT2D eigenvalue weighted by atomic mass is 32.2. The largest absolute Gasteiger partial charge is 0.340 e. The number of likely N-dealkylation sites (tertiary alicyclic amines) is 1. The molecule has 2 nitrogen and oxygen atoms in total. The van der Waals surface area contributed by atoms with E-state index in [2.05, 4.69) is 73.0 Å². The van der Waals surface area contributed by atoms with Crippen molar-refractivity contribution in [2.75, 3.05) is 31.3 Å². The monoisotopic (exact) mass is 386 g/mol. The van der Waals surface area contributed by atoms with Crippen LogP contribution in [0.25, 0.3) is 0 Å². The minimum absolute atomic E-state index is 0.696. The van der Waals surface area contributed by atoms with Gasteiger partial charge in [-0.3, -0.25) is 0 Å². The predicted molar refractivity (Wildman–Crippen MR) is 118 cm³/mol. The van der Waals surface area contributed by atoms with E-state index in [1.54, 1.807) is 11.8 Å². The van der Waals surface area contributed by atoms with Crippen LogP contribution in [-0.4, -0.2) is 37.3 Å². The maximum Gasteiger partial charge on any atom is 0.0564 e. The van der Waals surface area contributed by atoms with Gasteiger partial charge in [0.1, 0.15) is 0 Å². The van der Waals surface area contributed by atoms with Crippen molar-refractivity contribution < 1.29 is 0 Å². The molecule has 0 bridgehead atoms. The summed E-state index contributed by atoms with van der Waals surface area (Å²) in [6, 6.07) is 7.51. The summed E-state index contributed by atoms with van der Waals surface area (Å²) in [5.41, 5.74) is 2.58. The standard InChI is InChI=1S/C22H30N2S2/c1-5-6-10-20-17(2)26-22-12-11-19(25-4)16-21(22)24(20)15-13-18-9-7-8-14-23(18)3/h5-6,10-12,16,18H,2,7-9,13-15H2,1,3-4H3/b6-5-,20-10+. The molecule has 2 heterocycles. The van der Waals surface area contributed by atoms with E-state index in [0.717, 1.165) is 11.4 Å². The second-order valence-corrected chi connectivity index (χ2v) is 9.02. The van der Waals surface area contributed by atoms with Gasteiger partial charge in [-0.05, 0) is 70.3 Å². The van der Waals surface area contributed by atoms with Crippen molar-refractivity contribution in [3.63, 3.8) is 0 Å². The van der Waals surface area contributed by atoms with Crippen molar-refractivity contribution in [1.29, 1.82) is 0 Å². The van der Waals surface area contributed by atoms with Gasteiger partial charge < -0.3 is 9.80 Å². The van der Waals surface area contributed by atoms with E-state index in [9.17, 15) is 0 Å². The van der Waals surface area contributed by atoms with E-state index in [0.29, 0.717) is 6.04 Å². The number of hydrogen-bond donors (Lipinski definition) is 0. The number of rotatable bonds is 5. The maximum absolute atomic E-state index is 4.35. The number of fused-ring (bicyclic) bond motifs is 1. The van der Waals surface area contributed by atoms with Gasteiger partial charge in [0.2, 0.25) is 0 Å². The smallest absolute Gasteiger partial charge is 0.0564 e. The molecule has 3 rings (SSSR count). The predicted octanol–water partition coefficient (Wildman–Crippen LogP) is 6.17. The Bertz CT molecular complexity index is 708. The third kappa shape index (κ3) is 4.41. The number of benzene rings is 1. The Morgan fingerprint density at radius 2 is 2.19 bits per heavy atom. The Labute approximate surface area is 167 Å². The van der Waals surface area contributed by atoms with Crippen LogP contribution < -0.4 is 4.90 Å². The molecule has 2 aliphatic rings.